The highest BCUT2D eigenvalue weighted by atomic mass is 28.4. The van der Waals surface area contributed by atoms with E-state index in [4.69, 9.17) is 8.85 Å². The van der Waals surface area contributed by atoms with E-state index in [0.29, 0.717) is 11.8 Å². The average molecular weight is 260 g/mol. The normalized spacial score (nSPS) is 12.7. The number of unbranched alkanes of at least 4 members (excludes halogenated alkanes) is 1. The molecule has 0 saturated heterocycles. The molecule has 0 aliphatic carbocycles. The summed E-state index contributed by atoms with van der Waals surface area (Å²) in [6.45, 7) is 15.0. The van der Waals surface area contributed by atoms with Crippen molar-refractivity contribution in [3.05, 3.63) is 0 Å². The van der Waals surface area contributed by atoms with Gasteiger partial charge in [0, 0.05) is 13.2 Å². The molecule has 0 atom stereocenters. The van der Waals surface area contributed by atoms with Crippen molar-refractivity contribution in [2.45, 2.75) is 66.5 Å². The second-order valence-corrected chi connectivity index (χ2v) is 9.38. The molecule has 3 heteroatoms. The highest BCUT2D eigenvalue weighted by molar-refractivity contribution is 6.67. The lowest BCUT2D eigenvalue weighted by Crippen LogP contribution is -2.43. The Bertz CT molecular complexity index is 169. The Labute approximate surface area is 109 Å². The van der Waals surface area contributed by atoms with Crippen LogP contribution in [-0.2, 0) is 8.85 Å². The zero-order valence-corrected chi connectivity index (χ0v) is 13.7. The first-order chi connectivity index (χ1) is 7.95. The van der Waals surface area contributed by atoms with Crippen molar-refractivity contribution in [1.82, 2.24) is 0 Å². The largest absolute Gasteiger partial charge is 0.394 e. The quantitative estimate of drug-likeness (QED) is 0.535. The van der Waals surface area contributed by atoms with Gasteiger partial charge in [-0.15, -0.1) is 0 Å². The van der Waals surface area contributed by atoms with Gasteiger partial charge in [0.2, 0.25) is 0 Å². The molecule has 104 valence electrons. The van der Waals surface area contributed by atoms with Crippen molar-refractivity contribution in [3.8, 4) is 0 Å². The van der Waals surface area contributed by atoms with Crippen molar-refractivity contribution < 1.29 is 8.85 Å². The third-order valence-corrected chi connectivity index (χ3v) is 6.39. The lowest BCUT2D eigenvalue weighted by molar-refractivity contribution is 0.137. The maximum atomic E-state index is 6.21. The second kappa shape index (κ2) is 9.12. The van der Waals surface area contributed by atoms with Crippen LogP contribution in [0.15, 0.2) is 0 Å². The summed E-state index contributed by atoms with van der Waals surface area (Å²) in [4.78, 5) is 0. The van der Waals surface area contributed by atoms with Crippen LogP contribution in [0.2, 0.25) is 12.1 Å². The van der Waals surface area contributed by atoms with Crippen molar-refractivity contribution in [3.63, 3.8) is 0 Å². The van der Waals surface area contributed by atoms with Gasteiger partial charge < -0.3 is 8.85 Å². The second-order valence-electron chi connectivity index (χ2n) is 5.78. The number of hydrogen-bond acceptors (Lipinski definition) is 2. The Hall–Kier alpha value is 0.137. The lowest BCUT2D eigenvalue weighted by Gasteiger charge is -2.31. The number of hydrogen-bond donors (Lipinski definition) is 0. The summed E-state index contributed by atoms with van der Waals surface area (Å²) in [5.41, 5.74) is 0. The predicted molar refractivity (Wildman–Crippen MR) is 77.5 cm³/mol. The van der Waals surface area contributed by atoms with Crippen molar-refractivity contribution in [2.75, 3.05) is 13.2 Å². The first-order valence-corrected chi connectivity index (χ1v) is 9.46. The molecule has 0 aromatic carbocycles. The third kappa shape index (κ3) is 7.95. The number of rotatable bonds is 10. The van der Waals surface area contributed by atoms with Crippen LogP contribution >= 0.6 is 0 Å². The highest BCUT2D eigenvalue weighted by Gasteiger charge is 2.35. The summed E-state index contributed by atoms with van der Waals surface area (Å²) in [6.07, 6.45) is 2.46. The first-order valence-electron chi connectivity index (χ1n) is 7.23. The molecule has 0 bridgehead atoms. The van der Waals surface area contributed by atoms with Crippen LogP contribution in [0.1, 0.15) is 54.4 Å². The molecule has 0 rings (SSSR count). The lowest BCUT2D eigenvalue weighted by atomic mass is 10.2. The van der Waals surface area contributed by atoms with E-state index in [1.54, 1.807) is 0 Å². The molecule has 0 amide bonds. The fourth-order valence-electron chi connectivity index (χ4n) is 1.65. The molecule has 0 aromatic heterocycles. The van der Waals surface area contributed by atoms with Gasteiger partial charge in [0.1, 0.15) is 0 Å². The molecular weight excluding hydrogens is 228 g/mol. The summed E-state index contributed by atoms with van der Waals surface area (Å²) in [5.74, 6) is 1.19. The van der Waals surface area contributed by atoms with Crippen LogP contribution < -0.4 is 0 Å². The van der Waals surface area contributed by atoms with Crippen molar-refractivity contribution >= 4 is 8.56 Å². The Kier molecular flexibility index (Phi) is 9.19. The maximum Gasteiger partial charge on any atom is 0.337 e. The molecule has 0 fully saturated rings. The maximum absolute atomic E-state index is 6.21. The molecular formula is C14H32O2Si. The van der Waals surface area contributed by atoms with Gasteiger partial charge in [0.05, 0.1) is 0 Å². The molecule has 0 radical (unpaired) electrons. The van der Waals surface area contributed by atoms with Crippen molar-refractivity contribution in [2.24, 2.45) is 11.8 Å². The van der Waals surface area contributed by atoms with E-state index < -0.39 is 8.56 Å². The van der Waals surface area contributed by atoms with Crippen LogP contribution in [0.25, 0.3) is 0 Å². The summed E-state index contributed by atoms with van der Waals surface area (Å²) in [7, 11) is -1.92. The standard InChI is InChI=1S/C14H32O2Si/c1-7-9-10-17(8-2,15-11-13(3)4)16-12-14(5)6/h13-14H,7-12H2,1-6H3. The minimum absolute atomic E-state index is 0.595. The fourth-order valence-corrected chi connectivity index (χ4v) is 4.95. The monoisotopic (exact) mass is 260 g/mol. The van der Waals surface area contributed by atoms with Crippen LogP contribution in [-0.4, -0.2) is 21.8 Å². The van der Waals surface area contributed by atoms with E-state index >= 15 is 0 Å². The van der Waals surface area contributed by atoms with Crippen LogP contribution in [0.3, 0.4) is 0 Å². The molecule has 17 heavy (non-hydrogen) atoms. The third-order valence-electron chi connectivity index (χ3n) is 2.81. The Morgan fingerprint density at radius 3 is 1.65 bits per heavy atom. The SMILES string of the molecule is CCCC[Si](CC)(OCC(C)C)OCC(C)C. The molecule has 0 heterocycles. The molecule has 0 N–H and O–H groups in total. The smallest absolute Gasteiger partial charge is 0.337 e. The van der Waals surface area contributed by atoms with E-state index in [1.807, 2.05) is 0 Å². The Morgan fingerprint density at radius 2 is 1.35 bits per heavy atom. The molecule has 0 saturated carbocycles. The summed E-state index contributed by atoms with van der Waals surface area (Å²) >= 11 is 0. The van der Waals surface area contributed by atoms with Crippen LogP contribution in [0, 0.1) is 11.8 Å². The van der Waals surface area contributed by atoms with Crippen molar-refractivity contribution in [1.29, 1.82) is 0 Å². The zero-order valence-electron chi connectivity index (χ0n) is 12.7. The van der Waals surface area contributed by atoms with Crippen LogP contribution in [0.5, 0.6) is 0 Å². The van der Waals surface area contributed by atoms with Gasteiger partial charge in [-0.2, -0.15) is 0 Å². The Morgan fingerprint density at radius 1 is 0.882 bits per heavy atom. The average Bonchev–Trinajstić information content (AvgIpc) is 2.28. The summed E-state index contributed by atoms with van der Waals surface area (Å²) in [6, 6.07) is 2.23. The minimum Gasteiger partial charge on any atom is -0.394 e. The van der Waals surface area contributed by atoms with Gasteiger partial charge in [-0.25, -0.2) is 0 Å². The van der Waals surface area contributed by atoms with E-state index in [0.717, 1.165) is 25.3 Å². The molecule has 2 nitrogen and oxygen atoms in total. The summed E-state index contributed by atoms with van der Waals surface area (Å²) < 4.78 is 12.4. The topological polar surface area (TPSA) is 18.5 Å². The van der Waals surface area contributed by atoms with Gasteiger partial charge in [0.15, 0.2) is 0 Å². The molecule has 0 spiro atoms. The Balaban J connectivity index is 4.38. The molecule has 0 aliphatic rings. The summed E-state index contributed by atoms with van der Waals surface area (Å²) in [5, 5.41) is 0. The first kappa shape index (κ1) is 17.1. The van der Waals surface area contributed by atoms with Crippen LogP contribution in [0.4, 0.5) is 0 Å². The van der Waals surface area contributed by atoms with E-state index in [9.17, 15) is 0 Å². The van der Waals surface area contributed by atoms with E-state index in [1.165, 1.54) is 12.8 Å². The minimum atomic E-state index is -1.92. The molecule has 0 aliphatic heterocycles. The van der Waals surface area contributed by atoms with E-state index in [-0.39, 0.29) is 0 Å². The fraction of sp³-hybridized carbons (Fsp3) is 1.00. The highest BCUT2D eigenvalue weighted by Crippen LogP contribution is 2.23. The van der Waals surface area contributed by atoms with Gasteiger partial charge >= 0.3 is 8.56 Å². The van der Waals surface area contributed by atoms with Gasteiger partial charge in [-0.3, -0.25) is 0 Å². The van der Waals surface area contributed by atoms with Gasteiger partial charge in [-0.1, -0.05) is 54.4 Å². The van der Waals surface area contributed by atoms with Gasteiger partial charge in [-0.05, 0) is 23.9 Å². The van der Waals surface area contributed by atoms with Gasteiger partial charge in [0.25, 0.3) is 0 Å². The molecule has 0 aromatic rings. The predicted octanol–water partition coefficient (Wildman–Crippen LogP) is 4.59. The zero-order chi connectivity index (χ0) is 13.3. The molecule has 0 unspecified atom stereocenters. The van der Waals surface area contributed by atoms with E-state index in [2.05, 4.69) is 41.5 Å².